The molecular formula is C12H20N2O. The summed E-state index contributed by atoms with van der Waals surface area (Å²) in [5.74, 6) is 0.267. The van der Waals surface area contributed by atoms with Crippen molar-refractivity contribution in [3.63, 3.8) is 0 Å². The minimum absolute atomic E-state index is 0.267. The predicted molar refractivity (Wildman–Crippen MR) is 60.5 cm³/mol. The van der Waals surface area contributed by atoms with Crippen LogP contribution in [0.3, 0.4) is 0 Å². The Balaban J connectivity index is 1.89. The van der Waals surface area contributed by atoms with Gasteiger partial charge in [-0.15, -0.1) is 0 Å². The number of hydrogen-bond acceptors (Lipinski definition) is 3. The van der Waals surface area contributed by atoms with Gasteiger partial charge in [-0.1, -0.05) is 0 Å². The number of hydrogen-bond donors (Lipinski definition) is 0. The summed E-state index contributed by atoms with van der Waals surface area (Å²) in [7, 11) is 0. The highest BCUT2D eigenvalue weighted by molar-refractivity contribution is 5.54. The highest BCUT2D eigenvalue weighted by atomic mass is 16.1. The van der Waals surface area contributed by atoms with Crippen molar-refractivity contribution in [2.45, 2.75) is 25.8 Å². The van der Waals surface area contributed by atoms with Gasteiger partial charge in [0.2, 0.25) is 0 Å². The van der Waals surface area contributed by atoms with Crippen LogP contribution in [0.5, 0.6) is 0 Å². The van der Waals surface area contributed by atoms with E-state index >= 15 is 0 Å². The van der Waals surface area contributed by atoms with Crippen LogP contribution in [0, 0.1) is 5.92 Å². The van der Waals surface area contributed by atoms with Crippen LogP contribution < -0.4 is 0 Å². The SMILES string of the molecule is CCN1C=CC(N2CCCC(C=O)C2)C1. The molecule has 2 aliphatic heterocycles. The Kier molecular flexibility index (Phi) is 3.41. The molecule has 2 unspecified atom stereocenters. The number of likely N-dealkylation sites (N-methyl/N-ethyl adjacent to an activating group) is 1. The zero-order chi connectivity index (χ0) is 10.7. The van der Waals surface area contributed by atoms with E-state index in [1.54, 1.807) is 0 Å². The Morgan fingerprint density at radius 1 is 1.47 bits per heavy atom. The minimum atomic E-state index is 0.267. The third kappa shape index (κ3) is 2.40. The lowest BCUT2D eigenvalue weighted by Gasteiger charge is -2.34. The summed E-state index contributed by atoms with van der Waals surface area (Å²) in [6.45, 7) is 6.46. The fourth-order valence-electron chi connectivity index (χ4n) is 2.51. The molecule has 3 heteroatoms. The third-order valence-corrected chi connectivity index (χ3v) is 3.50. The molecule has 0 bridgehead atoms. The summed E-state index contributed by atoms with van der Waals surface area (Å²) in [6, 6.07) is 0.535. The van der Waals surface area contributed by atoms with Crippen LogP contribution in [0.4, 0.5) is 0 Å². The van der Waals surface area contributed by atoms with Crippen molar-refractivity contribution in [2.75, 3.05) is 26.2 Å². The first kappa shape index (κ1) is 10.7. The molecule has 3 nitrogen and oxygen atoms in total. The highest BCUT2D eigenvalue weighted by Crippen LogP contribution is 2.20. The van der Waals surface area contributed by atoms with Crippen molar-refractivity contribution in [1.82, 2.24) is 9.80 Å². The molecular weight excluding hydrogens is 188 g/mol. The molecule has 0 aromatic heterocycles. The Labute approximate surface area is 91.7 Å². The molecule has 2 heterocycles. The van der Waals surface area contributed by atoms with Gasteiger partial charge in [0.25, 0.3) is 0 Å². The first-order valence-electron chi connectivity index (χ1n) is 5.95. The molecule has 2 rings (SSSR count). The van der Waals surface area contributed by atoms with E-state index in [1.165, 1.54) is 6.42 Å². The van der Waals surface area contributed by atoms with Crippen molar-refractivity contribution in [1.29, 1.82) is 0 Å². The molecule has 0 spiro atoms. The summed E-state index contributed by atoms with van der Waals surface area (Å²) in [4.78, 5) is 15.6. The lowest BCUT2D eigenvalue weighted by Crippen LogP contribution is -2.44. The number of carbonyl (C=O) groups is 1. The summed E-state index contributed by atoms with van der Waals surface area (Å²) in [5, 5.41) is 0. The summed E-state index contributed by atoms with van der Waals surface area (Å²) < 4.78 is 0. The zero-order valence-corrected chi connectivity index (χ0v) is 9.43. The lowest BCUT2D eigenvalue weighted by atomic mass is 9.98. The smallest absolute Gasteiger partial charge is 0.124 e. The minimum Gasteiger partial charge on any atom is -0.376 e. The summed E-state index contributed by atoms with van der Waals surface area (Å²) in [5.41, 5.74) is 0. The van der Waals surface area contributed by atoms with Crippen molar-refractivity contribution in [2.24, 2.45) is 5.92 Å². The second kappa shape index (κ2) is 4.79. The Morgan fingerprint density at radius 2 is 2.33 bits per heavy atom. The Bertz CT molecular complexity index is 252. The fraction of sp³-hybridized carbons (Fsp3) is 0.750. The van der Waals surface area contributed by atoms with E-state index in [1.807, 2.05) is 0 Å². The fourth-order valence-corrected chi connectivity index (χ4v) is 2.51. The van der Waals surface area contributed by atoms with Crippen LogP contribution in [0.2, 0.25) is 0 Å². The van der Waals surface area contributed by atoms with Gasteiger partial charge >= 0.3 is 0 Å². The standard InChI is InChI=1S/C12H20N2O/c1-2-13-7-5-12(9-13)14-6-3-4-11(8-14)10-15/h5,7,10-12H,2-4,6,8-9H2,1H3. The molecule has 84 valence electrons. The first-order valence-corrected chi connectivity index (χ1v) is 5.95. The van der Waals surface area contributed by atoms with Crippen LogP contribution >= 0.6 is 0 Å². The average molecular weight is 208 g/mol. The largest absolute Gasteiger partial charge is 0.376 e. The predicted octanol–water partition coefficient (Wildman–Crippen LogP) is 1.12. The average Bonchev–Trinajstić information content (AvgIpc) is 2.78. The number of piperidine rings is 1. The van der Waals surface area contributed by atoms with Crippen LogP contribution in [0.1, 0.15) is 19.8 Å². The molecule has 0 N–H and O–H groups in total. The van der Waals surface area contributed by atoms with Gasteiger partial charge in [-0.3, -0.25) is 4.90 Å². The van der Waals surface area contributed by atoms with Crippen LogP contribution in [-0.2, 0) is 4.79 Å². The van der Waals surface area contributed by atoms with Crippen LogP contribution in [-0.4, -0.2) is 48.3 Å². The van der Waals surface area contributed by atoms with Gasteiger partial charge in [0.15, 0.2) is 0 Å². The van der Waals surface area contributed by atoms with E-state index in [4.69, 9.17) is 0 Å². The maximum absolute atomic E-state index is 10.8. The molecule has 0 aromatic carbocycles. The maximum atomic E-state index is 10.8. The molecule has 1 saturated heterocycles. The van der Waals surface area contributed by atoms with Crippen molar-refractivity contribution < 1.29 is 4.79 Å². The molecule has 1 fully saturated rings. The van der Waals surface area contributed by atoms with E-state index in [0.717, 1.165) is 38.9 Å². The maximum Gasteiger partial charge on any atom is 0.124 e. The molecule has 0 amide bonds. The molecule has 15 heavy (non-hydrogen) atoms. The third-order valence-electron chi connectivity index (χ3n) is 3.50. The van der Waals surface area contributed by atoms with Gasteiger partial charge in [0, 0.05) is 31.6 Å². The molecule has 2 atom stereocenters. The van der Waals surface area contributed by atoms with Gasteiger partial charge in [0.05, 0.1) is 0 Å². The highest BCUT2D eigenvalue weighted by Gasteiger charge is 2.26. The van der Waals surface area contributed by atoms with Gasteiger partial charge in [-0.2, -0.15) is 0 Å². The second-order valence-electron chi connectivity index (χ2n) is 4.53. The van der Waals surface area contributed by atoms with E-state index < -0.39 is 0 Å². The van der Waals surface area contributed by atoms with E-state index in [2.05, 4.69) is 29.0 Å². The lowest BCUT2D eigenvalue weighted by molar-refractivity contribution is -0.112. The molecule has 0 aliphatic carbocycles. The Hall–Kier alpha value is -0.830. The number of nitrogens with zero attached hydrogens (tertiary/aromatic N) is 2. The summed E-state index contributed by atoms with van der Waals surface area (Å²) >= 11 is 0. The van der Waals surface area contributed by atoms with E-state index in [0.29, 0.717) is 6.04 Å². The monoisotopic (exact) mass is 208 g/mol. The number of rotatable bonds is 3. The summed E-state index contributed by atoms with van der Waals surface area (Å²) in [6.07, 6.45) is 7.84. The number of aldehydes is 1. The van der Waals surface area contributed by atoms with Gasteiger partial charge < -0.3 is 9.69 Å². The normalized spacial score (nSPS) is 32.2. The van der Waals surface area contributed by atoms with E-state index in [9.17, 15) is 4.79 Å². The topological polar surface area (TPSA) is 23.6 Å². The second-order valence-corrected chi connectivity index (χ2v) is 4.53. The van der Waals surface area contributed by atoms with Crippen molar-refractivity contribution >= 4 is 6.29 Å². The van der Waals surface area contributed by atoms with Gasteiger partial charge in [-0.05, 0) is 38.6 Å². The molecule has 0 saturated carbocycles. The first-order chi connectivity index (χ1) is 7.33. The van der Waals surface area contributed by atoms with Crippen molar-refractivity contribution in [3.05, 3.63) is 12.3 Å². The van der Waals surface area contributed by atoms with Crippen molar-refractivity contribution in [3.8, 4) is 0 Å². The molecule has 0 radical (unpaired) electrons. The van der Waals surface area contributed by atoms with Gasteiger partial charge in [0.1, 0.15) is 6.29 Å². The van der Waals surface area contributed by atoms with Crippen LogP contribution in [0.25, 0.3) is 0 Å². The zero-order valence-electron chi connectivity index (χ0n) is 9.43. The molecule has 0 aromatic rings. The van der Waals surface area contributed by atoms with Crippen LogP contribution in [0.15, 0.2) is 12.3 Å². The molecule has 2 aliphatic rings. The quantitative estimate of drug-likeness (QED) is 0.649. The van der Waals surface area contributed by atoms with Gasteiger partial charge in [-0.25, -0.2) is 0 Å². The Morgan fingerprint density at radius 3 is 3.00 bits per heavy atom. The number of likely N-dealkylation sites (tertiary alicyclic amines) is 1. The number of carbonyl (C=O) groups excluding carboxylic acids is 1. The van der Waals surface area contributed by atoms with E-state index in [-0.39, 0.29) is 5.92 Å².